The molecule has 0 unspecified atom stereocenters. The van der Waals surface area contributed by atoms with Crippen LogP contribution in [0.4, 0.5) is 0 Å². The lowest BCUT2D eigenvalue weighted by Gasteiger charge is -2.01. The summed E-state index contributed by atoms with van der Waals surface area (Å²) >= 11 is 2.02. The molecule has 11 heavy (non-hydrogen) atoms. The van der Waals surface area contributed by atoms with Gasteiger partial charge in [0.05, 0.1) is 0 Å². The lowest BCUT2D eigenvalue weighted by molar-refractivity contribution is 0.751. The maximum atomic E-state index is 2.28. The van der Waals surface area contributed by atoms with E-state index in [0.29, 0.717) is 5.92 Å². The van der Waals surface area contributed by atoms with E-state index < -0.39 is 0 Å². The Labute approximate surface area is 75.5 Å². The van der Waals surface area contributed by atoms with Gasteiger partial charge >= 0.3 is 0 Å². The molecule has 0 spiro atoms. The molecule has 0 aliphatic rings. The third-order valence-electron chi connectivity index (χ3n) is 1.19. The van der Waals surface area contributed by atoms with Crippen LogP contribution in [0.15, 0.2) is 12.2 Å². The van der Waals surface area contributed by atoms with Crippen molar-refractivity contribution in [1.82, 2.24) is 0 Å². The summed E-state index contributed by atoms with van der Waals surface area (Å²) in [5, 5.41) is 0. The quantitative estimate of drug-likeness (QED) is 0.451. The van der Waals surface area contributed by atoms with Crippen LogP contribution in [0.2, 0.25) is 0 Å². The molecule has 0 saturated heterocycles. The highest BCUT2D eigenvalue weighted by molar-refractivity contribution is 7.99. The highest BCUT2D eigenvalue weighted by atomic mass is 32.2. The van der Waals surface area contributed by atoms with E-state index in [9.17, 15) is 0 Å². The second-order valence-corrected chi connectivity index (χ2v) is 4.68. The lowest BCUT2D eigenvalue weighted by atomic mass is 10.2. The fourth-order valence-corrected chi connectivity index (χ4v) is 1.55. The van der Waals surface area contributed by atoms with Crippen LogP contribution in [0.3, 0.4) is 0 Å². The molecule has 0 aliphatic heterocycles. The van der Waals surface area contributed by atoms with Gasteiger partial charge in [0.2, 0.25) is 0 Å². The van der Waals surface area contributed by atoms with Gasteiger partial charge in [0.15, 0.2) is 0 Å². The van der Waals surface area contributed by atoms with E-state index in [4.69, 9.17) is 0 Å². The molecule has 0 atom stereocenters. The predicted molar refractivity (Wildman–Crippen MR) is 56.1 cm³/mol. The first-order chi connectivity index (χ1) is 5.13. The lowest BCUT2D eigenvalue weighted by Crippen LogP contribution is -1.90. The minimum absolute atomic E-state index is 0.703. The van der Waals surface area contributed by atoms with Gasteiger partial charge in [-0.1, -0.05) is 39.8 Å². The molecule has 0 aromatic heterocycles. The van der Waals surface area contributed by atoms with E-state index in [-0.39, 0.29) is 0 Å². The minimum Gasteiger partial charge on any atom is -0.158 e. The Kier molecular flexibility index (Phi) is 6.83. The van der Waals surface area contributed by atoms with Crippen molar-refractivity contribution >= 4 is 11.8 Å². The van der Waals surface area contributed by atoms with E-state index in [1.807, 2.05) is 11.8 Å². The van der Waals surface area contributed by atoms with Crippen molar-refractivity contribution in [3.63, 3.8) is 0 Å². The van der Waals surface area contributed by atoms with Gasteiger partial charge < -0.3 is 0 Å². The van der Waals surface area contributed by atoms with Gasteiger partial charge in [0.1, 0.15) is 0 Å². The van der Waals surface area contributed by atoms with Gasteiger partial charge in [-0.15, -0.1) is 0 Å². The SMILES string of the molecule is CC(C)/C=C\CSCC(C)C. The Hall–Kier alpha value is 0.0900. The van der Waals surface area contributed by atoms with E-state index in [1.165, 1.54) is 11.5 Å². The summed E-state index contributed by atoms with van der Waals surface area (Å²) in [7, 11) is 0. The third kappa shape index (κ3) is 10.1. The number of rotatable bonds is 5. The summed E-state index contributed by atoms with van der Waals surface area (Å²) < 4.78 is 0. The smallest absolute Gasteiger partial charge is 0.0113 e. The minimum atomic E-state index is 0.703. The largest absolute Gasteiger partial charge is 0.158 e. The fraction of sp³-hybridized carbons (Fsp3) is 0.800. The monoisotopic (exact) mass is 172 g/mol. The highest BCUT2D eigenvalue weighted by Gasteiger charge is 1.91. The molecule has 0 N–H and O–H groups in total. The zero-order valence-electron chi connectivity index (χ0n) is 8.13. The first-order valence-corrected chi connectivity index (χ1v) is 5.52. The summed E-state index contributed by atoms with van der Waals surface area (Å²) in [6, 6.07) is 0. The molecule has 0 heterocycles. The summed E-state index contributed by atoms with van der Waals surface area (Å²) in [6.07, 6.45) is 4.55. The molecule has 0 rings (SSSR count). The third-order valence-corrected chi connectivity index (χ3v) is 2.52. The van der Waals surface area contributed by atoms with Crippen LogP contribution < -0.4 is 0 Å². The van der Waals surface area contributed by atoms with Crippen molar-refractivity contribution < 1.29 is 0 Å². The van der Waals surface area contributed by atoms with Crippen LogP contribution in [0.25, 0.3) is 0 Å². The first-order valence-electron chi connectivity index (χ1n) is 4.37. The van der Waals surface area contributed by atoms with Crippen molar-refractivity contribution in [2.75, 3.05) is 11.5 Å². The Morgan fingerprint density at radius 1 is 1.18 bits per heavy atom. The van der Waals surface area contributed by atoms with Crippen molar-refractivity contribution in [2.24, 2.45) is 11.8 Å². The number of hydrogen-bond acceptors (Lipinski definition) is 1. The second kappa shape index (κ2) is 6.78. The molecule has 66 valence electrons. The summed E-state index contributed by atoms with van der Waals surface area (Å²) in [6.45, 7) is 8.95. The van der Waals surface area contributed by atoms with Gasteiger partial charge in [-0.25, -0.2) is 0 Å². The molecule has 0 bridgehead atoms. The topological polar surface area (TPSA) is 0 Å². The molecule has 0 amide bonds. The zero-order valence-corrected chi connectivity index (χ0v) is 8.95. The van der Waals surface area contributed by atoms with Crippen molar-refractivity contribution in [3.05, 3.63) is 12.2 Å². The molecule has 0 fully saturated rings. The van der Waals surface area contributed by atoms with Crippen molar-refractivity contribution in [3.8, 4) is 0 Å². The second-order valence-electron chi connectivity index (χ2n) is 3.60. The van der Waals surface area contributed by atoms with Crippen LogP contribution in [-0.4, -0.2) is 11.5 Å². The van der Waals surface area contributed by atoms with E-state index >= 15 is 0 Å². The standard InChI is InChI=1S/C10H20S/c1-9(2)6-5-7-11-8-10(3)4/h5-6,9-10H,7-8H2,1-4H3/b6-5-. The van der Waals surface area contributed by atoms with Crippen molar-refractivity contribution in [1.29, 1.82) is 0 Å². The first kappa shape index (κ1) is 11.1. The molecule has 0 aromatic carbocycles. The van der Waals surface area contributed by atoms with Gasteiger partial charge in [0, 0.05) is 5.75 Å². The normalized spacial score (nSPS) is 12.2. The maximum absolute atomic E-state index is 2.28. The molecule has 1 heteroatoms. The summed E-state index contributed by atoms with van der Waals surface area (Å²) in [5.41, 5.74) is 0. The molecule has 0 aromatic rings. The Morgan fingerprint density at radius 2 is 1.82 bits per heavy atom. The molecule has 0 nitrogen and oxygen atoms in total. The molecule has 0 aliphatic carbocycles. The molecule has 0 saturated carbocycles. The number of allylic oxidation sites excluding steroid dienone is 1. The van der Waals surface area contributed by atoms with Crippen LogP contribution in [0, 0.1) is 11.8 Å². The van der Waals surface area contributed by atoms with Crippen LogP contribution >= 0.6 is 11.8 Å². The van der Waals surface area contributed by atoms with Gasteiger partial charge in [-0.3, -0.25) is 0 Å². The molecular formula is C10H20S. The maximum Gasteiger partial charge on any atom is 0.0113 e. The average molecular weight is 172 g/mol. The number of thioether (sulfide) groups is 1. The summed E-state index contributed by atoms with van der Waals surface area (Å²) in [4.78, 5) is 0. The van der Waals surface area contributed by atoms with E-state index in [0.717, 1.165) is 5.92 Å². The van der Waals surface area contributed by atoms with Crippen LogP contribution in [-0.2, 0) is 0 Å². The predicted octanol–water partition coefficient (Wildman–Crippen LogP) is 3.59. The Balaban J connectivity index is 3.14. The number of hydrogen-bond donors (Lipinski definition) is 0. The Bertz CT molecular complexity index is 103. The van der Waals surface area contributed by atoms with Crippen LogP contribution in [0.1, 0.15) is 27.7 Å². The van der Waals surface area contributed by atoms with Gasteiger partial charge in [-0.05, 0) is 17.6 Å². The summed E-state index contributed by atoms with van der Waals surface area (Å²) in [5.74, 6) is 3.99. The van der Waals surface area contributed by atoms with Gasteiger partial charge in [-0.2, -0.15) is 11.8 Å². The van der Waals surface area contributed by atoms with E-state index in [1.54, 1.807) is 0 Å². The van der Waals surface area contributed by atoms with Gasteiger partial charge in [0.25, 0.3) is 0 Å². The Morgan fingerprint density at radius 3 is 2.27 bits per heavy atom. The average Bonchev–Trinajstić information content (AvgIpc) is 1.85. The molecular weight excluding hydrogens is 152 g/mol. The van der Waals surface area contributed by atoms with Crippen LogP contribution in [0.5, 0.6) is 0 Å². The fourth-order valence-electron chi connectivity index (χ4n) is 0.700. The van der Waals surface area contributed by atoms with E-state index in [2.05, 4.69) is 39.8 Å². The molecule has 0 radical (unpaired) electrons. The highest BCUT2D eigenvalue weighted by Crippen LogP contribution is 2.07. The van der Waals surface area contributed by atoms with Crippen molar-refractivity contribution in [2.45, 2.75) is 27.7 Å². The zero-order chi connectivity index (χ0) is 8.69.